The number of carbonyl (C=O) groups is 3. The molecule has 2 aromatic carbocycles. The number of nitrogens with zero attached hydrogens (tertiary/aromatic N) is 2. The summed E-state index contributed by atoms with van der Waals surface area (Å²) in [6.45, 7) is 10.8. The Morgan fingerprint density at radius 3 is 2.37 bits per heavy atom. The molecule has 4 N–H and O–H groups in total. The number of aromatic amines is 2. The minimum Gasteiger partial charge on any atom is -0.456 e. The van der Waals surface area contributed by atoms with E-state index in [2.05, 4.69) is 25.6 Å². The Kier molecular flexibility index (Phi) is 10.6. The molecule has 0 saturated carbocycles. The second kappa shape index (κ2) is 14.5. The van der Waals surface area contributed by atoms with Gasteiger partial charge >= 0.3 is 12.0 Å². The van der Waals surface area contributed by atoms with E-state index < -0.39 is 18.1 Å². The Morgan fingerprint density at radius 1 is 0.977 bits per heavy atom. The van der Waals surface area contributed by atoms with E-state index >= 15 is 0 Å². The lowest BCUT2D eigenvalue weighted by Gasteiger charge is -2.27. The van der Waals surface area contributed by atoms with Crippen molar-refractivity contribution in [1.82, 2.24) is 30.5 Å². The predicted molar refractivity (Wildman–Crippen MR) is 166 cm³/mol. The number of hydrogen-bond acceptors (Lipinski definition) is 5. The molecule has 0 fully saturated rings. The molecule has 0 aliphatic carbocycles. The summed E-state index contributed by atoms with van der Waals surface area (Å²) in [5.74, 6) is -0.274. The highest BCUT2D eigenvalue weighted by atomic mass is 16.5. The van der Waals surface area contributed by atoms with Crippen molar-refractivity contribution in [3.63, 3.8) is 0 Å². The highest BCUT2D eigenvalue weighted by molar-refractivity contribution is 5.89. The van der Waals surface area contributed by atoms with Gasteiger partial charge < -0.3 is 30.2 Å². The highest BCUT2D eigenvalue weighted by Gasteiger charge is 2.29. The lowest BCUT2D eigenvalue weighted by Crippen LogP contribution is -2.52. The van der Waals surface area contributed by atoms with Gasteiger partial charge in [0, 0.05) is 42.3 Å². The Hall–Kier alpha value is -4.60. The van der Waals surface area contributed by atoms with Crippen LogP contribution in [0.3, 0.4) is 0 Å². The van der Waals surface area contributed by atoms with Gasteiger partial charge in [0.05, 0.1) is 6.04 Å². The van der Waals surface area contributed by atoms with Gasteiger partial charge in [-0.25, -0.2) is 14.6 Å². The van der Waals surface area contributed by atoms with Crippen LogP contribution in [-0.4, -0.2) is 56.9 Å². The number of urea groups is 1. The highest BCUT2D eigenvalue weighted by Crippen LogP contribution is 2.25. The van der Waals surface area contributed by atoms with Crippen LogP contribution < -0.4 is 10.6 Å². The van der Waals surface area contributed by atoms with Gasteiger partial charge in [0.15, 0.2) is 5.69 Å². The number of rotatable bonds is 13. The number of fused-ring (bicyclic) bond motifs is 1. The molecule has 0 spiro atoms. The first-order valence-electron chi connectivity index (χ1n) is 14.9. The van der Waals surface area contributed by atoms with Crippen LogP contribution in [-0.2, 0) is 22.6 Å². The summed E-state index contributed by atoms with van der Waals surface area (Å²) in [5.41, 5.74) is 3.54. The van der Waals surface area contributed by atoms with Crippen LogP contribution in [0.1, 0.15) is 73.3 Å². The van der Waals surface area contributed by atoms with Crippen LogP contribution in [0.25, 0.3) is 10.9 Å². The molecule has 0 unspecified atom stereocenters. The molecule has 4 rings (SSSR count). The van der Waals surface area contributed by atoms with Gasteiger partial charge in [-0.2, -0.15) is 0 Å². The van der Waals surface area contributed by atoms with Crippen molar-refractivity contribution in [1.29, 1.82) is 0 Å². The van der Waals surface area contributed by atoms with Crippen molar-refractivity contribution in [2.24, 2.45) is 5.92 Å². The minimum absolute atomic E-state index is 0.125. The van der Waals surface area contributed by atoms with Gasteiger partial charge in [-0.3, -0.25) is 4.79 Å². The van der Waals surface area contributed by atoms with E-state index in [-0.39, 0.29) is 30.2 Å². The van der Waals surface area contributed by atoms with Crippen LogP contribution in [0.2, 0.25) is 0 Å². The third-order valence-electron chi connectivity index (χ3n) is 7.43. The number of hydrogen-bond donors (Lipinski definition) is 4. The second-order valence-corrected chi connectivity index (χ2v) is 11.1. The molecule has 43 heavy (non-hydrogen) atoms. The summed E-state index contributed by atoms with van der Waals surface area (Å²) in [6.07, 6.45) is 2.79. The molecule has 0 saturated heterocycles. The van der Waals surface area contributed by atoms with E-state index in [1.165, 1.54) is 0 Å². The first kappa shape index (κ1) is 31.3. The minimum atomic E-state index is -0.745. The van der Waals surface area contributed by atoms with E-state index in [1.54, 1.807) is 11.8 Å². The quantitative estimate of drug-likeness (QED) is 0.155. The number of carbonyl (C=O) groups excluding carboxylic acids is 3. The fraction of sp³-hybridized carbons (Fsp3) is 0.394. The third kappa shape index (κ3) is 8.03. The zero-order chi connectivity index (χ0) is 30.9. The molecule has 3 amide bonds. The molecule has 10 nitrogen and oxygen atoms in total. The summed E-state index contributed by atoms with van der Waals surface area (Å²) in [6, 6.07) is 15.7. The van der Waals surface area contributed by atoms with E-state index in [9.17, 15) is 14.4 Å². The Balaban J connectivity index is 1.61. The molecule has 2 atom stereocenters. The molecule has 0 aliphatic rings. The molecule has 2 aromatic heterocycles. The van der Waals surface area contributed by atoms with Crippen molar-refractivity contribution in [3.05, 3.63) is 89.1 Å². The number of aromatic nitrogens is 3. The van der Waals surface area contributed by atoms with Crippen molar-refractivity contribution in [3.8, 4) is 0 Å². The zero-order valence-electron chi connectivity index (χ0n) is 25.6. The standard InChI is InChI=1S/C33H42N6O4/c1-6-39(7-2)33(42)37-28(17-21(3)4)31(40)36-27(18-24-19-34-26-16-12-11-15-25(24)26)30-35-22(5)29(38-30)32(41)43-20-23-13-9-8-10-14-23/h8-16,19,21,27-28,34H,6-7,17-18,20H2,1-5H3,(H,35,38)(H,36,40)(H,37,42)/t27-,28+/m1/s1. The second-order valence-electron chi connectivity index (χ2n) is 11.1. The first-order chi connectivity index (χ1) is 20.7. The van der Waals surface area contributed by atoms with E-state index in [1.807, 2.05) is 88.5 Å². The lowest BCUT2D eigenvalue weighted by atomic mass is 10.0. The van der Waals surface area contributed by atoms with Gasteiger partial charge in [-0.15, -0.1) is 0 Å². The summed E-state index contributed by atoms with van der Waals surface area (Å²) in [5, 5.41) is 7.08. The normalized spacial score (nSPS) is 12.6. The number of aryl methyl sites for hydroxylation is 1. The molecule has 228 valence electrons. The fourth-order valence-electron chi connectivity index (χ4n) is 5.10. The topological polar surface area (TPSA) is 132 Å². The maximum Gasteiger partial charge on any atom is 0.359 e. The predicted octanol–water partition coefficient (Wildman–Crippen LogP) is 5.42. The maximum absolute atomic E-state index is 13.8. The summed E-state index contributed by atoms with van der Waals surface area (Å²) < 4.78 is 5.54. The van der Waals surface area contributed by atoms with Gasteiger partial charge in [0.25, 0.3) is 0 Å². The van der Waals surface area contributed by atoms with Gasteiger partial charge in [-0.1, -0.05) is 62.4 Å². The molecule has 0 radical (unpaired) electrons. The molecular formula is C33H42N6O4. The zero-order valence-corrected chi connectivity index (χ0v) is 25.6. The van der Waals surface area contributed by atoms with Crippen LogP contribution in [0, 0.1) is 12.8 Å². The van der Waals surface area contributed by atoms with Crippen molar-refractivity contribution >= 4 is 28.8 Å². The maximum atomic E-state index is 13.8. The Morgan fingerprint density at radius 2 is 1.67 bits per heavy atom. The van der Waals surface area contributed by atoms with Crippen LogP contribution in [0.4, 0.5) is 4.79 Å². The monoisotopic (exact) mass is 586 g/mol. The smallest absolute Gasteiger partial charge is 0.359 e. The van der Waals surface area contributed by atoms with E-state index in [0.717, 1.165) is 22.0 Å². The number of ether oxygens (including phenoxy) is 1. The van der Waals surface area contributed by atoms with Crippen LogP contribution in [0.15, 0.2) is 60.8 Å². The fourth-order valence-corrected chi connectivity index (χ4v) is 5.10. The number of esters is 1. The first-order valence-corrected chi connectivity index (χ1v) is 14.9. The molecule has 0 bridgehead atoms. The van der Waals surface area contributed by atoms with Gasteiger partial charge in [0.1, 0.15) is 18.5 Å². The summed E-state index contributed by atoms with van der Waals surface area (Å²) >= 11 is 0. The molecule has 10 heteroatoms. The summed E-state index contributed by atoms with van der Waals surface area (Å²) in [7, 11) is 0. The van der Waals surface area contributed by atoms with Crippen molar-refractivity contribution in [2.45, 2.75) is 66.2 Å². The van der Waals surface area contributed by atoms with Crippen molar-refractivity contribution < 1.29 is 19.1 Å². The number of imidazole rings is 1. The average Bonchev–Trinajstić information content (AvgIpc) is 3.59. The SMILES string of the molecule is CCN(CC)C(=O)N[C@@H](CC(C)C)C(=O)N[C@H](Cc1c[nH]c2ccccc12)c1nc(C(=O)OCc2ccccc2)c(C)[nH]1. The van der Waals surface area contributed by atoms with E-state index in [0.29, 0.717) is 37.4 Å². The number of nitrogens with one attached hydrogen (secondary N) is 4. The van der Waals surface area contributed by atoms with E-state index in [4.69, 9.17) is 4.74 Å². The van der Waals surface area contributed by atoms with Gasteiger partial charge in [0.2, 0.25) is 5.91 Å². The van der Waals surface area contributed by atoms with Crippen LogP contribution >= 0.6 is 0 Å². The van der Waals surface area contributed by atoms with Crippen LogP contribution in [0.5, 0.6) is 0 Å². The number of benzene rings is 2. The number of amides is 3. The summed E-state index contributed by atoms with van der Waals surface area (Å²) in [4.78, 5) is 52.5. The lowest BCUT2D eigenvalue weighted by molar-refractivity contribution is -0.124. The number of H-pyrrole nitrogens is 2. The molecular weight excluding hydrogens is 544 g/mol. The molecule has 2 heterocycles. The largest absolute Gasteiger partial charge is 0.456 e. The van der Waals surface area contributed by atoms with Crippen molar-refractivity contribution in [2.75, 3.05) is 13.1 Å². The number of para-hydroxylation sites is 1. The molecule has 0 aliphatic heterocycles. The Labute approximate surface area is 252 Å². The van der Waals surface area contributed by atoms with Gasteiger partial charge in [-0.05, 0) is 50.3 Å². The Bertz CT molecular complexity index is 1520. The molecule has 4 aromatic rings. The average molecular weight is 587 g/mol. The third-order valence-corrected chi connectivity index (χ3v) is 7.43.